The minimum Gasteiger partial charge on any atom is -0.352 e. The average molecular weight is 467 g/mol. The van der Waals surface area contributed by atoms with Gasteiger partial charge in [-0.2, -0.15) is 0 Å². The molecule has 0 aliphatic rings. The number of benzene rings is 2. The van der Waals surface area contributed by atoms with Crippen LogP contribution in [-0.4, -0.2) is 34.6 Å². The van der Waals surface area contributed by atoms with Gasteiger partial charge in [0.2, 0.25) is 11.8 Å². The number of rotatable bonds is 10. The van der Waals surface area contributed by atoms with E-state index in [1.54, 1.807) is 17.9 Å². The number of nitrogens with one attached hydrogen (secondary N) is 1. The van der Waals surface area contributed by atoms with Crippen LogP contribution in [0.5, 0.6) is 0 Å². The van der Waals surface area contributed by atoms with Gasteiger partial charge in [-0.15, -0.1) is 11.8 Å². The van der Waals surface area contributed by atoms with Gasteiger partial charge in [-0.3, -0.25) is 9.59 Å². The number of carbonyl (C=O) groups excluding carboxylic acids is 2. The number of carbonyl (C=O) groups is 2. The molecule has 2 aromatic rings. The molecule has 0 bridgehead atoms. The van der Waals surface area contributed by atoms with Crippen LogP contribution in [0.4, 0.5) is 0 Å². The maximum Gasteiger partial charge on any atom is 0.242 e. The lowest BCUT2D eigenvalue weighted by molar-refractivity contribution is -0.138. The first kappa shape index (κ1) is 24.6. The Labute approximate surface area is 193 Å². The average Bonchev–Trinajstić information content (AvgIpc) is 2.71. The summed E-state index contributed by atoms with van der Waals surface area (Å²) in [4.78, 5) is 27.4. The summed E-state index contributed by atoms with van der Waals surface area (Å²) in [5, 5.41) is 4.25. The highest BCUT2D eigenvalue weighted by Gasteiger charge is 2.26. The van der Waals surface area contributed by atoms with E-state index >= 15 is 0 Å². The minimum absolute atomic E-state index is 0.0558. The molecular formula is C23H28Cl2N2O2S. The molecule has 30 heavy (non-hydrogen) atoms. The summed E-state index contributed by atoms with van der Waals surface area (Å²) >= 11 is 13.6. The first-order valence-electron chi connectivity index (χ1n) is 9.96. The molecular weight excluding hydrogens is 439 g/mol. The zero-order valence-corrected chi connectivity index (χ0v) is 19.9. The molecule has 1 N–H and O–H groups in total. The number of amides is 2. The Hall–Kier alpha value is -1.69. The van der Waals surface area contributed by atoms with Crippen LogP contribution < -0.4 is 5.32 Å². The predicted octanol–water partition coefficient (Wildman–Crippen LogP) is 5.56. The Morgan fingerprint density at radius 2 is 1.63 bits per heavy atom. The van der Waals surface area contributed by atoms with E-state index in [2.05, 4.69) is 5.32 Å². The van der Waals surface area contributed by atoms with Crippen molar-refractivity contribution in [3.05, 3.63) is 69.7 Å². The van der Waals surface area contributed by atoms with Gasteiger partial charge >= 0.3 is 0 Å². The molecule has 162 valence electrons. The number of nitrogens with zero attached hydrogens (tertiary/aromatic N) is 1. The SMILES string of the molecule is CC[C@@H](C)NC(=O)[C@H](C)N(Cc1cccc(Cl)c1)C(=O)CSCc1cccc(Cl)c1. The van der Waals surface area contributed by atoms with Crippen LogP contribution in [0.3, 0.4) is 0 Å². The third-order valence-corrected chi connectivity index (χ3v) is 6.25. The molecule has 0 saturated carbocycles. The van der Waals surface area contributed by atoms with Gasteiger partial charge in [0.05, 0.1) is 5.75 Å². The van der Waals surface area contributed by atoms with Crippen LogP contribution in [0.25, 0.3) is 0 Å². The molecule has 0 aliphatic carbocycles. The fourth-order valence-electron chi connectivity index (χ4n) is 2.85. The van der Waals surface area contributed by atoms with Crippen molar-refractivity contribution in [2.75, 3.05) is 5.75 Å². The first-order valence-corrected chi connectivity index (χ1v) is 11.9. The fraction of sp³-hybridized carbons (Fsp3) is 0.391. The highest BCUT2D eigenvalue weighted by molar-refractivity contribution is 7.99. The lowest BCUT2D eigenvalue weighted by Crippen LogP contribution is -2.50. The van der Waals surface area contributed by atoms with Gasteiger partial charge in [-0.25, -0.2) is 0 Å². The zero-order valence-electron chi connectivity index (χ0n) is 17.5. The summed E-state index contributed by atoms with van der Waals surface area (Å²) < 4.78 is 0. The van der Waals surface area contributed by atoms with Crippen molar-refractivity contribution < 1.29 is 9.59 Å². The Morgan fingerprint density at radius 3 is 2.23 bits per heavy atom. The van der Waals surface area contributed by atoms with E-state index < -0.39 is 6.04 Å². The number of thioether (sulfide) groups is 1. The van der Waals surface area contributed by atoms with Gasteiger partial charge in [-0.1, -0.05) is 54.4 Å². The largest absolute Gasteiger partial charge is 0.352 e. The summed E-state index contributed by atoms with van der Waals surface area (Å²) in [5.74, 6) is 0.701. The molecule has 0 spiro atoms. The molecule has 2 rings (SSSR count). The molecule has 2 aromatic carbocycles. The molecule has 4 nitrogen and oxygen atoms in total. The van der Waals surface area contributed by atoms with E-state index in [0.29, 0.717) is 22.3 Å². The van der Waals surface area contributed by atoms with Crippen molar-refractivity contribution in [1.29, 1.82) is 0 Å². The maximum absolute atomic E-state index is 13.1. The van der Waals surface area contributed by atoms with Crippen molar-refractivity contribution >= 4 is 46.8 Å². The van der Waals surface area contributed by atoms with Crippen molar-refractivity contribution in [3.63, 3.8) is 0 Å². The van der Waals surface area contributed by atoms with Gasteiger partial charge in [0, 0.05) is 28.4 Å². The molecule has 2 amide bonds. The highest BCUT2D eigenvalue weighted by Crippen LogP contribution is 2.19. The molecule has 0 radical (unpaired) electrons. The molecule has 0 aromatic heterocycles. The van der Waals surface area contributed by atoms with E-state index in [1.165, 1.54) is 11.8 Å². The normalized spacial score (nSPS) is 12.8. The summed E-state index contributed by atoms with van der Waals surface area (Å²) in [5.41, 5.74) is 1.95. The second kappa shape index (κ2) is 12.2. The van der Waals surface area contributed by atoms with E-state index in [-0.39, 0.29) is 23.6 Å². The van der Waals surface area contributed by atoms with Crippen LogP contribution in [0, 0.1) is 0 Å². The Kier molecular flexibility index (Phi) is 10.0. The van der Waals surface area contributed by atoms with Gasteiger partial charge in [0.15, 0.2) is 0 Å². The monoisotopic (exact) mass is 466 g/mol. The molecule has 7 heteroatoms. The lowest BCUT2D eigenvalue weighted by Gasteiger charge is -2.29. The van der Waals surface area contributed by atoms with Crippen LogP contribution in [0.2, 0.25) is 10.0 Å². The number of halogens is 2. The van der Waals surface area contributed by atoms with E-state index in [1.807, 2.05) is 56.3 Å². The van der Waals surface area contributed by atoms with Crippen LogP contribution >= 0.6 is 35.0 Å². The Morgan fingerprint density at radius 1 is 1.03 bits per heavy atom. The molecule has 0 aliphatic heterocycles. The van der Waals surface area contributed by atoms with Gasteiger partial charge in [0.25, 0.3) is 0 Å². The second-order valence-corrected chi connectivity index (χ2v) is 9.13. The maximum atomic E-state index is 13.1. The molecule has 0 fully saturated rings. The van der Waals surface area contributed by atoms with Crippen molar-refractivity contribution in [1.82, 2.24) is 10.2 Å². The number of hydrogen-bond donors (Lipinski definition) is 1. The highest BCUT2D eigenvalue weighted by atomic mass is 35.5. The first-order chi connectivity index (χ1) is 14.3. The van der Waals surface area contributed by atoms with Crippen molar-refractivity contribution in [2.45, 2.75) is 51.6 Å². The molecule has 2 atom stereocenters. The standard InChI is InChI=1S/C23H28Cl2N2O2S/c1-4-16(2)26-23(29)17(3)27(13-18-7-5-9-20(24)11-18)22(28)15-30-14-19-8-6-10-21(25)12-19/h5-12,16-17H,4,13-15H2,1-3H3,(H,26,29)/t16-,17+/m1/s1. The van der Waals surface area contributed by atoms with Crippen LogP contribution in [0.1, 0.15) is 38.3 Å². The third-order valence-electron chi connectivity index (χ3n) is 4.79. The molecule has 0 unspecified atom stereocenters. The summed E-state index contributed by atoms with van der Waals surface area (Å²) in [6.07, 6.45) is 0.830. The van der Waals surface area contributed by atoms with Crippen molar-refractivity contribution in [2.24, 2.45) is 0 Å². The van der Waals surface area contributed by atoms with Gasteiger partial charge < -0.3 is 10.2 Å². The van der Waals surface area contributed by atoms with E-state index in [0.717, 1.165) is 17.5 Å². The Bertz CT molecular complexity index is 863. The fourth-order valence-corrected chi connectivity index (χ4v) is 4.13. The minimum atomic E-state index is -0.586. The Balaban J connectivity index is 2.08. The third kappa shape index (κ3) is 7.86. The molecule has 0 heterocycles. The van der Waals surface area contributed by atoms with Crippen molar-refractivity contribution in [3.8, 4) is 0 Å². The topological polar surface area (TPSA) is 49.4 Å². The zero-order chi connectivity index (χ0) is 22.1. The second-order valence-electron chi connectivity index (χ2n) is 7.27. The number of hydrogen-bond acceptors (Lipinski definition) is 3. The molecule has 0 saturated heterocycles. The summed E-state index contributed by atoms with van der Waals surface area (Å²) in [6.45, 7) is 6.06. The predicted molar refractivity (Wildman–Crippen MR) is 127 cm³/mol. The quantitative estimate of drug-likeness (QED) is 0.498. The van der Waals surface area contributed by atoms with Gasteiger partial charge in [0.1, 0.15) is 6.04 Å². The van der Waals surface area contributed by atoms with E-state index in [9.17, 15) is 9.59 Å². The summed E-state index contributed by atoms with van der Waals surface area (Å²) in [6, 6.07) is 14.4. The smallest absolute Gasteiger partial charge is 0.242 e. The summed E-state index contributed by atoms with van der Waals surface area (Å²) in [7, 11) is 0. The van der Waals surface area contributed by atoms with Crippen LogP contribution in [0.15, 0.2) is 48.5 Å². The van der Waals surface area contributed by atoms with Gasteiger partial charge in [-0.05, 0) is 55.7 Å². The van der Waals surface area contributed by atoms with E-state index in [4.69, 9.17) is 23.2 Å². The van der Waals surface area contributed by atoms with Crippen LogP contribution in [-0.2, 0) is 21.9 Å². The lowest BCUT2D eigenvalue weighted by atomic mass is 10.1.